The van der Waals surface area contributed by atoms with Crippen LogP contribution in [0.15, 0.2) is 12.7 Å². The number of carbonyl (C=O) groups is 2. The fraction of sp³-hybridized carbons (Fsp3) is 0.667. The average Bonchev–Trinajstić information content (AvgIpc) is 3.61. The highest BCUT2D eigenvalue weighted by atomic mass is 32.2. The van der Waals surface area contributed by atoms with Gasteiger partial charge in [-0.05, 0) is 19.3 Å². The summed E-state index contributed by atoms with van der Waals surface area (Å²) in [5.74, 6) is -0.0864. The topological polar surface area (TPSA) is 224 Å². The Hall–Kier alpha value is -2.73. The zero-order chi connectivity index (χ0) is 27.0. The third kappa shape index (κ3) is 5.51. The van der Waals surface area contributed by atoms with E-state index in [1.54, 1.807) is 11.8 Å². The molecule has 208 valence electrons. The molecule has 0 spiro atoms. The molecule has 5 heterocycles. The summed E-state index contributed by atoms with van der Waals surface area (Å²) in [7, 11) is -3.98. The molecule has 15 nitrogen and oxygen atoms in total. The molecule has 0 radical (unpaired) electrons. The maximum atomic E-state index is 12.5. The first-order valence-electron chi connectivity index (χ1n) is 12.3. The van der Waals surface area contributed by atoms with Crippen molar-refractivity contribution in [3.63, 3.8) is 0 Å². The maximum absolute atomic E-state index is 12.5. The molecule has 0 aromatic carbocycles. The van der Waals surface area contributed by atoms with E-state index >= 15 is 0 Å². The Bertz CT molecular complexity index is 1310. The predicted molar refractivity (Wildman–Crippen MR) is 136 cm³/mol. The van der Waals surface area contributed by atoms with Crippen LogP contribution >= 0.6 is 11.8 Å². The number of unbranched alkanes of at least 4 members (excludes halogenated alkanes) is 1. The van der Waals surface area contributed by atoms with Crippen molar-refractivity contribution in [2.75, 3.05) is 17.2 Å². The number of nitrogens with two attached hydrogens (primary N) is 1. The number of aromatic nitrogens is 4. The molecule has 3 aliphatic heterocycles. The summed E-state index contributed by atoms with van der Waals surface area (Å²) in [5.41, 5.74) is 6.39. The van der Waals surface area contributed by atoms with Crippen molar-refractivity contribution in [2.24, 2.45) is 0 Å². The van der Waals surface area contributed by atoms with E-state index in [1.807, 2.05) is 0 Å². The normalized spacial score (nSPS) is 30.8. The zero-order valence-corrected chi connectivity index (χ0v) is 21.9. The van der Waals surface area contributed by atoms with Gasteiger partial charge < -0.3 is 31.3 Å². The summed E-state index contributed by atoms with van der Waals surface area (Å²) in [6.07, 6.45) is -0.255. The molecule has 7 N–H and O–H groups in total. The molecular weight excluding hydrogens is 540 g/mol. The molecule has 3 fully saturated rings. The predicted octanol–water partition coefficient (Wildman–Crippen LogP) is -1.41. The van der Waals surface area contributed by atoms with Gasteiger partial charge in [0.25, 0.3) is 0 Å². The summed E-state index contributed by atoms with van der Waals surface area (Å²) in [4.78, 5) is 35.8. The third-order valence-corrected chi connectivity index (χ3v) is 9.84. The van der Waals surface area contributed by atoms with Crippen LogP contribution < -0.4 is 21.1 Å². The summed E-state index contributed by atoms with van der Waals surface area (Å²) in [5, 5.41) is 27.1. The standard InChI is InChI=1S/C21H30N8O7S2/c22-18-15-19(24-8-23-18)29(9-25-15)20-17(32)16(31)11(36-20)5-6-38(34,35)28-13(30)4-2-1-3-12-14-10(7-37-12)26-21(33)27-14/h8-12,14,16-17,20,31-32H,1-7H2,(H,28,30)(H2,22,23,24)(H2,26,27,33)/t10?,11?,12?,14?,16-,17-,20-/m1/s1. The zero-order valence-electron chi connectivity index (χ0n) is 20.3. The summed E-state index contributed by atoms with van der Waals surface area (Å²) < 4.78 is 34.2. The van der Waals surface area contributed by atoms with Crippen LogP contribution in [0.3, 0.4) is 0 Å². The Morgan fingerprint density at radius 1 is 1.21 bits per heavy atom. The Labute approximate surface area is 222 Å². The first kappa shape index (κ1) is 26.9. The number of anilines is 1. The molecule has 7 atom stereocenters. The molecular formula is C21H30N8O7S2. The fourth-order valence-electron chi connectivity index (χ4n) is 5.07. The minimum atomic E-state index is -3.98. The van der Waals surface area contributed by atoms with Gasteiger partial charge >= 0.3 is 6.03 Å². The number of thioether (sulfide) groups is 1. The van der Waals surface area contributed by atoms with Crippen molar-refractivity contribution in [3.8, 4) is 0 Å². The molecule has 0 aliphatic carbocycles. The number of nitrogens with one attached hydrogen (secondary N) is 3. The second-order valence-electron chi connectivity index (χ2n) is 9.63. The van der Waals surface area contributed by atoms with Gasteiger partial charge in [0.05, 0.1) is 30.3 Å². The largest absolute Gasteiger partial charge is 0.388 e. The molecule has 3 saturated heterocycles. The number of nitrogen functional groups attached to an aromatic ring is 1. The quantitative estimate of drug-likeness (QED) is 0.143. The number of ether oxygens (including phenoxy) is 1. The molecule has 3 aliphatic rings. The SMILES string of the molecule is Nc1ncnc2c1ncn2[C@@H]1OC(CCS(=O)(=O)NC(=O)CCCCC2SCC3NC(=O)NC32)[C@@H](O)[C@H]1O. The molecule has 4 unspecified atom stereocenters. The lowest BCUT2D eigenvalue weighted by Crippen LogP contribution is -2.37. The Morgan fingerprint density at radius 2 is 2.03 bits per heavy atom. The first-order valence-corrected chi connectivity index (χ1v) is 15.0. The molecule has 2 aromatic rings. The van der Waals surface area contributed by atoms with Crippen molar-refractivity contribution in [1.82, 2.24) is 34.9 Å². The minimum absolute atomic E-state index is 0.0529. The van der Waals surface area contributed by atoms with E-state index in [0.717, 1.165) is 18.6 Å². The van der Waals surface area contributed by atoms with E-state index in [-0.39, 0.29) is 42.0 Å². The number of fused-ring (bicyclic) bond motifs is 2. The van der Waals surface area contributed by atoms with Crippen LogP contribution in [-0.4, -0.2) is 97.2 Å². The Kier molecular flexibility index (Phi) is 7.63. The highest BCUT2D eigenvalue weighted by molar-refractivity contribution is 8.00. The monoisotopic (exact) mass is 570 g/mol. The van der Waals surface area contributed by atoms with Crippen LogP contribution in [-0.2, 0) is 19.6 Å². The molecule has 38 heavy (non-hydrogen) atoms. The second-order valence-corrected chi connectivity index (χ2v) is 12.7. The van der Waals surface area contributed by atoms with Gasteiger partial charge in [-0.25, -0.2) is 28.2 Å². The number of amides is 3. The van der Waals surface area contributed by atoms with Crippen LogP contribution in [0.4, 0.5) is 10.6 Å². The van der Waals surface area contributed by atoms with E-state index in [0.29, 0.717) is 17.6 Å². The molecule has 0 saturated carbocycles. The van der Waals surface area contributed by atoms with E-state index < -0.39 is 46.2 Å². The highest BCUT2D eigenvalue weighted by Gasteiger charge is 2.45. The first-order chi connectivity index (χ1) is 18.1. The van der Waals surface area contributed by atoms with Crippen molar-refractivity contribution in [2.45, 2.75) is 74.0 Å². The van der Waals surface area contributed by atoms with Crippen LogP contribution in [0.1, 0.15) is 38.3 Å². The van der Waals surface area contributed by atoms with Crippen molar-refractivity contribution in [3.05, 3.63) is 12.7 Å². The van der Waals surface area contributed by atoms with Gasteiger partial charge in [0, 0.05) is 17.4 Å². The molecule has 5 rings (SSSR count). The number of carbonyl (C=O) groups excluding carboxylic acids is 2. The van der Waals surface area contributed by atoms with Gasteiger partial charge in [-0.3, -0.25) is 14.1 Å². The van der Waals surface area contributed by atoms with Gasteiger partial charge in [0.15, 0.2) is 17.7 Å². The number of hydrogen-bond donors (Lipinski definition) is 6. The number of urea groups is 1. The number of aliphatic hydroxyl groups excluding tert-OH is 2. The van der Waals surface area contributed by atoms with Crippen LogP contribution in [0.2, 0.25) is 0 Å². The number of rotatable bonds is 10. The second kappa shape index (κ2) is 10.8. The van der Waals surface area contributed by atoms with Gasteiger partial charge in [-0.1, -0.05) is 6.42 Å². The minimum Gasteiger partial charge on any atom is -0.388 e. The van der Waals surface area contributed by atoms with Crippen molar-refractivity contribution >= 4 is 50.7 Å². The van der Waals surface area contributed by atoms with Crippen molar-refractivity contribution < 1.29 is 33.0 Å². The summed E-state index contributed by atoms with van der Waals surface area (Å²) in [6, 6.07) is 0.0778. The van der Waals surface area contributed by atoms with Crippen LogP contribution in [0, 0.1) is 0 Å². The summed E-state index contributed by atoms with van der Waals surface area (Å²) >= 11 is 1.78. The molecule has 3 amide bonds. The number of sulfonamides is 1. The van der Waals surface area contributed by atoms with Gasteiger partial charge in [-0.15, -0.1) is 0 Å². The Balaban J connectivity index is 1.07. The van der Waals surface area contributed by atoms with E-state index in [4.69, 9.17) is 10.5 Å². The lowest BCUT2D eigenvalue weighted by Gasteiger charge is -2.16. The van der Waals surface area contributed by atoms with Crippen LogP contribution in [0.5, 0.6) is 0 Å². The number of nitrogens with zero attached hydrogens (tertiary/aromatic N) is 4. The van der Waals surface area contributed by atoms with Crippen LogP contribution in [0.25, 0.3) is 11.2 Å². The lowest BCUT2D eigenvalue weighted by molar-refractivity contribution is -0.119. The van der Waals surface area contributed by atoms with E-state index in [9.17, 15) is 28.2 Å². The number of imidazole rings is 1. The molecule has 2 aromatic heterocycles. The summed E-state index contributed by atoms with van der Waals surface area (Å²) in [6.45, 7) is 0. The van der Waals surface area contributed by atoms with E-state index in [1.165, 1.54) is 17.2 Å². The smallest absolute Gasteiger partial charge is 0.315 e. The number of hydrogen-bond acceptors (Lipinski definition) is 12. The van der Waals surface area contributed by atoms with Crippen molar-refractivity contribution in [1.29, 1.82) is 0 Å². The lowest BCUT2D eigenvalue weighted by atomic mass is 10.0. The fourth-order valence-corrected chi connectivity index (χ4v) is 7.71. The molecule has 0 bridgehead atoms. The highest BCUT2D eigenvalue weighted by Crippen LogP contribution is 2.34. The van der Waals surface area contributed by atoms with Gasteiger partial charge in [0.1, 0.15) is 24.1 Å². The van der Waals surface area contributed by atoms with Gasteiger partial charge in [0.2, 0.25) is 15.9 Å². The Morgan fingerprint density at radius 3 is 2.84 bits per heavy atom. The number of aliphatic hydroxyl groups is 2. The average molecular weight is 571 g/mol. The van der Waals surface area contributed by atoms with E-state index in [2.05, 4.69) is 30.3 Å². The maximum Gasteiger partial charge on any atom is 0.315 e. The third-order valence-electron chi connectivity index (χ3n) is 7.02. The van der Waals surface area contributed by atoms with Gasteiger partial charge in [-0.2, -0.15) is 11.8 Å². The molecule has 17 heteroatoms.